The molecule has 2 N–H and O–H groups in total. The predicted molar refractivity (Wildman–Crippen MR) is 78.3 cm³/mol. The van der Waals surface area contributed by atoms with Crippen LogP contribution in [-0.4, -0.2) is 49.6 Å². The van der Waals surface area contributed by atoms with Crippen LogP contribution in [-0.2, 0) is 19.4 Å². The van der Waals surface area contributed by atoms with Crippen molar-refractivity contribution in [2.45, 2.75) is 19.4 Å². The maximum absolute atomic E-state index is 11.8. The van der Waals surface area contributed by atoms with Gasteiger partial charge in [-0.15, -0.1) is 0 Å². The Bertz CT molecular complexity index is 697. The molecule has 0 unspecified atom stereocenters. The first-order valence-corrected chi connectivity index (χ1v) is 8.56. The Hall–Kier alpha value is -2.09. The summed E-state index contributed by atoms with van der Waals surface area (Å²) in [5.74, 6) is -1.60. The van der Waals surface area contributed by atoms with Crippen molar-refractivity contribution in [3.05, 3.63) is 29.3 Å². The van der Waals surface area contributed by atoms with Crippen LogP contribution in [0.5, 0.6) is 5.75 Å². The zero-order chi connectivity index (χ0) is 16.3. The Labute approximate surface area is 128 Å². The van der Waals surface area contributed by atoms with Crippen molar-refractivity contribution in [3.8, 4) is 5.75 Å². The molecule has 0 aliphatic carbocycles. The van der Waals surface area contributed by atoms with Crippen LogP contribution in [0.3, 0.4) is 0 Å². The lowest BCUT2D eigenvalue weighted by atomic mass is 10.1. The third-order valence-corrected chi connectivity index (χ3v) is 5.16. The van der Waals surface area contributed by atoms with E-state index in [-0.39, 0.29) is 22.8 Å². The summed E-state index contributed by atoms with van der Waals surface area (Å²) in [6.45, 7) is 1.11. The molecule has 0 radical (unpaired) electrons. The Morgan fingerprint density at radius 1 is 1.41 bits per heavy atom. The monoisotopic (exact) mass is 327 g/mol. The van der Waals surface area contributed by atoms with E-state index in [1.807, 2.05) is 0 Å². The zero-order valence-corrected chi connectivity index (χ0v) is 12.9. The van der Waals surface area contributed by atoms with E-state index in [4.69, 9.17) is 4.74 Å². The molecule has 1 atom stereocenters. The topological polar surface area (TPSA) is 110 Å². The van der Waals surface area contributed by atoms with Crippen molar-refractivity contribution < 1.29 is 27.9 Å². The van der Waals surface area contributed by atoms with Crippen LogP contribution in [0.4, 0.5) is 0 Å². The highest BCUT2D eigenvalue weighted by atomic mass is 32.2. The average molecular weight is 327 g/mol. The average Bonchev–Trinajstić information content (AvgIpc) is 2.78. The molecule has 1 aliphatic heterocycles. The van der Waals surface area contributed by atoms with Crippen LogP contribution in [0, 0.1) is 6.92 Å². The standard InChI is InChI=1S/C14H17NO6S/c1-9-3-2-4-11(13(9)17)14(18)21-7-12(16)15-10-5-6-22(19,20)8-10/h2-4,10,17H,5-8H2,1H3,(H,15,16)/t10-/m1/s1. The molecule has 1 aromatic rings. The summed E-state index contributed by atoms with van der Waals surface area (Å²) in [7, 11) is -3.08. The molecular weight excluding hydrogens is 310 g/mol. The van der Waals surface area contributed by atoms with Gasteiger partial charge in [0.25, 0.3) is 5.91 Å². The number of ether oxygens (including phenoxy) is 1. The number of hydrogen-bond acceptors (Lipinski definition) is 6. The highest BCUT2D eigenvalue weighted by Crippen LogP contribution is 2.22. The second-order valence-corrected chi connectivity index (χ2v) is 7.44. The van der Waals surface area contributed by atoms with Gasteiger partial charge in [-0.05, 0) is 25.0 Å². The molecule has 1 saturated heterocycles. The van der Waals surface area contributed by atoms with E-state index in [1.54, 1.807) is 19.1 Å². The smallest absolute Gasteiger partial charge is 0.342 e. The number of phenols is 1. The largest absolute Gasteiger partial charge is 0.507 e. The van der Waals surface area contributed by atoms with Crippen molar-refractivity contribution in [1.82, 2.24) is 5.32 Å². The first-order chi connectivity index (χ1) is 10.3. The lowest BCUT2D eigenvalue weighted by Crippen LogP contribution is -2.38. The molecule has 0 aromatic heterocycles. The van der Waals surface area contributed by atoms with Gasteiger partial charge in [0.15, 0.2) is 16.4 Å². The van der Waals surface area contributed by atoms with Gasteiger partial charge < -0.3 is 15.2 Å². The SMILES string of the molecule is Cc1cccc(C(=O)OCC(=O)N[C@@H]2CCS(=O)(=O)C2)c1O. The lowest BCUT2D eigenvalue weighted by Gasteiger charge is -2.11. The van der Waals surface area contributed by atoms with Crippen molar-refractivity contribution in [2.24, 2.45) is 0 Å². The molecule has 0 bridgehead atoms. The quantitative estimate of drug-likeness (QED) is 0.762. The van der Waals surface area contributed by atoms with E-state index in [1.165, 1.54) is 6.07 Å². The Balaban J connectivity index is 1.86. The molecule has 2 rings (SSSR count). The summed E-state index contributed by atoms with van der Waals surface area (Å²) < 4.78 is 27.4. The molecule has 1 aromatic carbocycles. The molecular formula is C14H17NO6S. The van der Waals surface area contributed by atoms with E-state index < -0.39 is 34.4 Å². The molecule has 8 heteroatoms. The van der Waals surface area contributed by atoms with Crippen LogP contribution < -0.4 is 5.32 Å². The number of aromatic hydroxyl groups is 1. The first-order valence-electron chi connectivity index (χ1n) is 6.74. The van der Waals surface area contributed by atoms with Crippen molar-refractivity contribution in [1.29, 1.82) is 0 Å². The number of amides is 1. The van der Waals surface area contributed by atoms with Crippen LogP contribution >= 0.6 is 0 Å². The third kappa shape index (κ3) is 3.97. The molecule has 120 valence electrons. The third-order valence-electron chi connectivity index (χ3n) is 3.39. The van der Waals surface area contributed by atoms with Crippen molar-refractivity contribution in [2.75, 3.05) is 18.1 Å². The van der Waals surface area contributed by atoms with E-state index in [0.29, 0.717) is 12.0 Å². The van der Waals surface area contributed by atoms with Gasteiger partial charge in [-0.2, -0.15) is 0 Å². The second-order valence-electron chi connectivity index (χ2n) is 5.21. The van der Waals surface area contributed by atoms with Crippen molar-refractivity contribution in [3.63, 3.8) is 0 Å². The number of sulfone groups is 1. The minimum absolute atomic E-state index is 0.0174. The highest BCUT2D eigenvalue weighted by Gasteiger charge is 2.29. The summed E-state index contributed by atoms with van der Waals surface area (Å²) in [6, 6.07) is 4.18. The van der Waals surface area contributed by atoms with Gasteiger partial charge in [0.05, 0.1) is 11.5 Å². The number of hydrogen-bond donors (Lipinski definition) is 2. The minimum atomic E-state index is -3.08. The fourth-order valence-corrected chi connectivity index (χ4v) is 3.88. The summed E-state index contributed by atoms with van der Waals surface area (Å²) in [5.41, 5.74) is 0.506. The van der Waals surface area contributed by atoms with Gasteiger partial charge in [0, 0.05) is 6.04 Å². The number of para-hydroxylation sites is 1. The van der Waals surface area contributed by atoms with E-state index in [9.17, 15) is 23.1 Å². The number of phenolic OH excluding ortho intramolecular Hbond substituents is 1. The van der Waals surface area contributed by atoms with Crippen molar-refractivity contribution >= 4 is 21.7 Å². The molecule has 22 heavy (non-hydrogen) atoms. The first kappa shape index (κ1) is 16.3. The van der Waals surface area contributed by atoms with Gasteiger partial charge in [-0.3, -0.25) is 4.79 Å². The number of carbonyl (C=O) groups excluding carboxylic acids is 2. The Kier molecular flexibility index (Phi) is 4.70. The van der Waals surface area contributed by atoms with E-state index >= 15 is 0 Å². The normalized spacial score (nSPS) is 19.6. The van der Waals surface area contributed by atoms with E-state index in [2.05, 4.69) is 5.32 Å². The second kappa shape index (κ2) is 6.35. The van der Waals surface area contributed by atoms with Gasteiger partial charge in [-0.1, -0.05) is 12.1 Å². The number of nitrogens with one attached hydrogen (secondary N) is 1. The molecule has 7 nitrogen and oxygen atoms in total. The maximum atomic E-state index is 11.8. The molecule has 1 amide bonds. The summed E-state index contributed by atoms with van der Waals surface area (Å²) in [4.78, 5) is 23.5. The molecule has 1 heterocycles. The fraction of sp³-hybridized carbons (Fsp3) is 0.429. The number of esters is 1. The summed E-state index contributed by atoms with van der Waals surface area (Å²) in [5, 5.41) is 12.3. The van der Waals surface area contributed by atoms with Crippen LogP contribution in [0.25, 0.3) is 0 Å². The van der Waals surface area contributed by atoms with Gasteiger partial charge in [0.1, 0.15) is 11.3 Å². The fourth-order valence-electron chi connectivity index (χ4n) is 2.21. The van der Waals surface area contributed by atoms with Crippen LogP contribution in [0.1, 0.15) is 22.3 Å². The Morgan fingerprint density at radius 2 is 2.14 bits per heavy atom. The van der Waals surface area contributed by atoms with Gasteiger partial charge >= 0.3 is 5.97 Å². The lowest BCUT2D eigenvalue weighted by molar-refractivity contribution is -0.124. The number of rotatable bonds is 4. The van der Waals surface area contributed by atoms with E-state index in [0.717, 1.165) is 0 Å². The number of carbonyl (C=O) groups is 2. The van der Waals surface area contributed by atoms with Gasteiger partial charge in [0.2, 0.25) is 0 Å². The van der Waals surface area contributed by atoms with Crippen LogP contribution in [0.2, 0.25) is 0 Å². The zero-order valence-electron chi connectivity index (χ0n) is 12.0. The minimum Gasteiger partial charge on any atom is -0.507 e. The molecule has 1 fully saturated rings. The number of benzene rings is 1. The van der Waals surface area contributed by atoms with Crippen LogP contribution in [0.15, 0.2) is 18.2 Å². The van der Waals surface area contributed by atoms with Gasteiger partial charge in [-0.25, -0.2) is 13.2 Å². The highest BCUT2D eigenvalue weighted by molar-refractivity contribution is 7.91. The maximum Gasteiger partial charge on any atom is 0.342 e. The summed E-state index contributed by atoms with van der Waals surface area (Å²) >= 11 is 0. The summed E-state index contributed by atoms with van der Waals surface area (Å²) in [6.07, 6.45) is 0.362. The Morgan fingerprint density at radius 3 is 2.77 bits per heavy atom. The molecule has 0 spiro atoms. The number of aryl methyl sites for hydroxylation is 1. The molecule has 1 aliphatic rings. The predicted octanol–water partition coefficient (Wildman–Crippen LogP) is 0.161. The molecule has 0 saturated carbocycles.